The Morgan fingerprint density at radius 2 is 1.75 bits per heavy atom. The van der Waals surface area contributed by atoms with Crippen molar-refractivity contribution in [1.29, 1.82) is 0 Å². The summed E-state index contributed by atoms with van der Waals surface area (Å²) in [6.07, 6.45) is -3.20. The summed E-state index contributed by atoms with van der Waals surface area (Å²) in [5.74, 6) is 0. The van der Waals surface area contributed by atoms with Crippen LogP contribution in [0.25, 0.3) is 0 Å². The number of aliphatic hydroxyl groups excluding tert-OH is 4. The zero-order valence-electron chi connectivity index (χ0n) is 6.42. The summed E-state index contributed by atoms with van der Waals surface area (Å²) < 4.78 is 0. The normalized spacial score (nSPS) is 42.0. The fourth-order valence-electron chi connectivity index (χ4n) is 1.15. The van der Waals surface area contributed by atoms with Crippen molar-refractivity contribution in [3.05, 3.63) is 0 Å². The second-order valence-corrected chi connectivity index (χ2v) is 2.75. The van der Waals surface area contributed by atoms with Crippen LogP contribution in [0.5, 0.6) is 0 Å². The molecule has 12 heavy (non-hydrogen) atoms. The molecule has 6 heteroatoms. The van der Waals surface area contributed by atoms with Crippen molar-refractivity contribution in [1.82, 2.24) is 5.32 Å². The van der Waals surface area contributed by atoms with Crippen molar-refractivity contribution < 1.29 is 20.4 Å². The molecule has 1 aliphatic heterocycles. The minimum atomic E-state index is -1.16. The fourth-order valence-corrected chi connectivity index (χ4v) is 1.15. The van der Waals surface area contributed by atoms with Gasteiger partial charge in [-0.25, -0.2) is 0 Å². The summed E-state index contributed by atoms with van der Waals surface area (Å²) >= 11 is 0. The van der Waals surface area contributed by atoms with E-state index in [1.807, 2.05) is 0 Å². The largest absolute Gasteiger partial charge is 0.395 e. The molecule has 0 aromatic rings. The number of piperidine rings is 1. The third kappa shape index (κ3) is 2.29. The van der Waals surface area contributed by atoms with Gasteiger partial charge in [-0.3, -0.25) is 0 Å². The van der Waals surface area contributed by atoms with Gasteiger partial charge in [-0.05, 0) is 0 Å². The van der Waals surface area contributed by atoms with Gasteiger partial charge < -0.3 is 25.7 Å². The summed E-state index contributed by atoms with van der Waals surface area (Å²) in [7, 11) is 0. The first kappa shape index (κ1) is 12.1. The van der Waals surface area contributed by atoms with Crippen LogP contribution in [0.2, 0.25) is 0 Å². The number of hydrogen-bond acceptors (Lipinski definition) is 5. The van der Waals surface area contributed by atoms with Gasteiger partial charge in [0.1, 0.15) is 6.10 Å². The van der Waals surface area contributed by atoms with E-state index in [9.17, 15) is 5.11 Å². The zero-order valence-corrected chi connectivity index (χ0v) is 7.24. The van der Waals surface area contributed by atoms with Gasteiger partial charge in [0.15, 0.2) is 0 Å². The van der Waals surface area contributed by atoms with E-state index >= 15 is 0 Å². The Bertz CT molecular complexity index is 135. The van der Waals surface area contributed by atoms with E-state index in [2.05, 4.69) is 5.32 Å². The number of aliphatic hydroxyl groups is 4. The van der Waals surface area contributed by atoms with Crippen LogP contribution in [0.4, 0.5) is 0 Å². The molecule has 74 valence electrons. The second-order valence-electron chi connectivity index (χ2n) is 2.75. The van der Waals surface area contributed by atoms with Crippen molar-refractivity contribution in [2.75, 3.05) is 13.2 Å². The molecular weight excluding hydrogens is 186 g/mol. The van der Waals surface area contributed by atoms with Gasteiger partial charge in [0.25, 0.3) is 0 Å². The zero-order chi connectivity index (χ0) is 8.43. The van der Waals surface area contributed by atoms with Crippen molar-refractivity contribution in [3.63, 3.8) is 0 Å². The van der Waals surface area contributed by atoms with Gasteiger partial charge in [-0.15, -0.1) is 12.4 Å². The van der Waals surface area contributed by atoms with Crippen LogP contribution in [0.15, 0.2) is 0 Å². The SMILES string of the molecule is Cl.OC[C@H]1NC[C@@H](O)[C@@H](O)[C@@H]1O. The molecule has 0 spiro atoms. The molecule has 0 bridgehead atoms. The van der Waals surface area contributed by atoms with Crippen LogP contribution < -0.4 is 5.32 Å². The molecule has 0 amide bonds. The molecule has 0 aromatic carbocycles. The third-order valence-electron chi connectivity index (χ3n) is 1.94. The molecule has 5 N–H and O–H groups in total. The average molecular weight is 200 g/mol. The molecular formula is C6H14ClNO4. The van der Waals surface area contributed by atoms with Crippen LogP contribution in [-0.2, 0) is 0 Å². The first-order valence-electron chi connectivity index (χ1n) is 3.55. The maximum Gasteiger partial charge on any atom is 0.109 e. The standard InChI is InChI=1S/C6H13NO4.ClH/c8-2-3-5(10)6(11)4(9)1-7-3;/h3-11H,1-2H2;1H/t3-,4-,5-,6-;/m1./s1. The van der Waals surface area contributed by atoms with E-state index in [0.717, 1.165) is 0 Å². The van der Waals surface area contributed by atoms with Crippen LogP contribution >= 0.6 is 12.4 Å². The lowest BCUT2D eigenvalue weighted by atomic mass is 9.97. The maximum absolute atomic E-state index is 9.18. The third-order valence-corrected chi connectivity index (χ3v) is 1.94. The molecule has 1 fully saturated rings. The summed E-state index contributed by atoms with van der Waals surface area (Å²) in [6, 6.07) is -0.534. The molecule has 1 rings (SSSR count). The predicted molar refractivity (Wildman–Crippen MR) is 44.1 cm³/mol. The lowest BCUT2D eigenvalue weighted by molar-refractivity contribution is -0.101. The monoisotopic (exact) mass is 199 g/mol. The minimum Gasteiger partial charge on any atom is -0.395 e. The van der Waals surface area contributed by atoms with E-state index in [1.165, 1.54) is 0 Å². The number of halogens is 1. The number of hydrogen-bond donors (Lipinski definition) is 5. The average Bonchev–Trinajstić information content (AvgIpc) is 2.01. The van der Waals surface area contributed by atoms with Crippen LogP contribution in [-0.4, -0.2) is 57.9 Å². The topological polar surface area (TPSA) is 93.0 Å². The molecule has 1 saturated heterocycles. The van der Waals surface area contributed by atoms with Gasteiger partial charge in [-0.2, -0.15) is 0 Å². The Morgan fingerprint density at radius 1 is 1.17 bits per heavy atom. The summed E-state index contributed by atoms with van der Waals surface area (Å²) in [5.41, 5.74) is 0. The smallest absolute Gasteiger partial charge is 0.109 e. The van der Waals surface area contributed by atoms with E-state index in [0.29, 0.717) is 0 Å². The van der Waals surface area contributed by atoms with Gasteiger partial charge in [0.2, 0.25) is 0 Å². The molecule has 4 atom stereocenters. The van der Waals surface area contributed by atoms with Gasteiger partial charge in [0.05, 0.1) is 24.9 Å². The summed E-state index contributed by atoms with van der Waals surface area (Å²) in [6.45, 7) is -0.0472. The molecule has 0 aliphatic carbocycles. The van der Waals surface area contributed by atoms with E-state index < -0.39 is 24.4 Å². The summed E-state index contributed by atoms with van der Waals surface area (Å²) in [4.78, 5) is 0. The minimum absolute atomic E-state index is 0. The first-order valence-corrected chi connectivity index (χ1v) is 3.55. The lowest BCUT2D eigenvalue weighted by Gasteiger charge is -2.34. The fraction of sp³-hybridized carbons (Fsp3) is 1.00. The Kier molecular flexibility index (Phi) is 5.00. The predicted octanol–water partition coefficient (Wildman–Crippen LogP) is -2.54. The number of β-amino-alcohol motifs (C(OH)–C–C–N with tert-alkyl or cyclic N) is 1. The van der Waals surface area contributed by atoms with Gasteiger partial charge in [0, 0.05) is 6.54 Å². The highest BCUT2D eigenvalue weighted by molar-refractivity contribution is 5.85. The molecule has 5 nitrogen and oxygen atoms in total. The van der Waals surface area contributed by atoms with Gasteiger partial charge in [-0.1, -0.05) is 0 Å². The van der Waals surface area contributed by atoms with Crippen molar-refractivity contribution in [2.24, 2.45) is 0 Å². The van der Waals surface area contributed by atoms with E-state index in [4.69, 9.17) is 15.3 Å². The van der Waals surface area contributed by atoms with Crippen molar-refractivity contribution in [3.8, 4) is 0 Å². The Balaban J connectivity index is 0.00000121. The van der Waals surface area contributed by atoms with E-state index in [1.54, 1.807) is 0 Å². The van der Waals surface area contributed by atoms with Crippen molar-refractivity contribution in [2.45, 2.75) is 24.4 Å². The number of nitrogens with one attached hydrogen (secondary N) is 1. The van der Waals surface area contributed by atoms with Crippen LogP contribution in [0, 0.1) is 0 Å². The molecule has 0 saturated carbocycles. The quantitative estimate of drug-likeness (QED) is 0.321. The highest BCUT2D eigenvalue weighted by atomic mass is 35.5. The maximum atomic E-state index is 9.18. The second kappa shape index (κ2) is 4.96. The van der Waals surface area contributed by atoms with E-state index in [-0.39, 0.29) is 25.6 Å². The molecule has 0 aromatic heterocycles. The Hall–Kier alpha value is 0.0900. The molecule has 1 aliphatic rings. The Labute approximate surface area is 76.4 Å². The number of rotatable bonds is 1. The molecule has 0 radical (unpaired) electrons. The summed E-state index contributed by atoms with van der Waals surface area (Å²) in [5, 5.41) is 38.6. The molecule has 1 heterocycles. The first-order chi connectivity index (χ1) is 5.16. The van der Waals surface area contributed by atoms with Crippen molar-refractivity contribution >= 4 is 12.4 Å². The van der Waals surface area contributed by atoms with Crippen LogP contribution in [0.3, 0.4) is 0 Å². The highest BCUT2D eigenvalue weighted by Crippen LogP contribution is 2.09. The lowest BCUT2D eigenvalue weighted by Crippen LogP contribution is -2.60. The van der Waals surface area contributed by atoms with Crippen LogP contribution in [0.1, 0.15) is 0 Å². The van der Waals surface area contributed by atoms with Gasteiger partial charge >= 0.3 is 0 Å². The highest BCUT2D eigenvalue weighted by Gasteiger charge is 2.35. The molecule has 0 unspecified atom stereocenters. The Morgan fingerprint density at radius 3 is 2.25 bits per heavy atom.